The summed E-state index contributed by atoms with van der Waals surface area (Å²) in [7, 11) is 0. The third kappa shape index (κ3) is 3.96. The molecular weight excluding hydrogens is 373 g/mol. The topological polar surface area (TPSA) is 102 Å². The Labute approximate surface area is 166 Å². The van der Waals surface area contributed by atoms with Gasteiger partial charge in [-0.1, -0.05) is 12.1 Å². The van der Waals surface area contributed by atoms with Crippen LogP contribution in [0.25, 0.3) is 5.69 Å². The summed E-state index contributed by atoms with van der Waals surface area (Å²) in [6.07, 6.45) is 2.59. The van der Waals surface area contributed by atoms with E-state index < -0.39 is 6.03 Å². The average Bonchev–Trinajstić information content (AvgIpc) is 3.30. The average molecular weight is 393 g/mol. The molecule has 0 spiro atoms. The molecule has 0 saturated heterocycles. The van der Waals surface area contributed by atoms with E-state index in [1.807, 2.05) is 0 Å². The first-order valence-electron chi connectivity index (χ1n) is 9.31. The molecule has 2 aromatic carbocycles. The molecule has 0 fully saturated rings. The van der Waals surface area contributed by atoms with Crippen LogP contribution in [0.2, 0.25) is 0 Å². The van der Waals surface area contributed by atoms with Gasteiger partial charge in [0.15, 0.2) is 5.69 Å². The highest BCUT2D eigenvalue weighted by Crippen LogP contribution is 2.28. The summed E-state index contributed by atoms with van der Waals surface area (Å²) >= 11 is 0. The zero-order valence-electron chi connectivity index (χ0n) is 15.6. The highest BCUT2D eigenvalue weighted by atomic mass is 19.1. The molecule has 29 heavy (non-hydrogen) atoms. The Hall–Kier alpha value is -3.68. The zero-order valence-corrected chi connectivity index (χ0v) is 15.6. The first-order chi connectivity index (χ1) is 14.0. The van der Waals surface area contributed by atoms with E-state index in [-0.39, 0.29) is 11.7 Å². The molecule has 1 heterocycles. The second-order valence-corrected chi connectivity index (χ2v) is 6.88. The monoisotopic (exact) mass is 393 g/mol. The van der Waals surface area contributed by atoms with Crippen molar-refractivity contribution in [2.75, 3.05) is 5.32 Å². The minimum Gasteiger partial charge on any atom is -0.351 e. The smallest absolute Gasteiger partial charge is 0.316 e. The molecule has 3 aromatic rings. The van der Waals surface area contributed by atoms with Crippen LogP contribution in [0.3, 0.4) is 0 Å². The van der Waals surface area contributed by atoms with E-state index in [0.29, 0.717) is 17.9 Å². The van der Waals surface area contributed by atoms with Gasteiger partial charge in [-0.25, -0.2) is 13.9 Å². The molecule has 7 nitrogen and oxygen atoms in total. The van der Waals surface area contributed by atoms with Crippen molar-refractivity contribution in [2.45, 2.75) is 25.8 Å². The first-order valence-corrected chi connectivity index (χ1v) is 9.31. The summed E-state index contributed by atoms with van der Waals surface area (Å²) in [5, 5.41) is 9.89. The fraction of sp³-hybridized carbons (Fsp3) is 0.190. The van der Waals surface area contributed by atoms with Crippen molar-refractivity contribution in [3.63, 3.8) is 0 Å². The lowest BCUT2D eigenvalue weighted by Crippen LogP contribution is -2.24. The number of hydrogen-bond acceptors (Lipinski definition) is 3. The first kappa shape index (κ1) is 18.7. The summed E-state index contributed by atoms with van der Waals surface area (Å²) in [6.45, 7) is 0.327. The Balaban J connectivity index is 1.50. The van der Waals surface area contributed by atoms with E-state index in [1.165, 1.54) is 12.1 Å². The molecule has 0 aliphatic heterocycles. The van der Waals surface area contributed by atoms with E-state index in [2.05, 4.69) is 15.7 Å². The number of amides is 3. The maximum atomic E-state index is 13.2. The number of benzene rings is 2. The molecule has 1 aliphatic carbocycles. The maximum Gasteiger partial charge on any atom is 0.316 e. The molecule has 0 radical (unpaired) electrons. The quantitative estimate of drug-likeness (QED) is 0.621. The third-order valence-corrected chi connectivity index (χ3v) is 4.89. The molecule has 4 rings (SSSR count). The standard InChI is InChI=1S/C21H20FN5O2/c22-14-6-10-16(11-7-14)27-18-3-1-2-17(18)19(26-27)20(28)24-12-13-4-8-15(9-5-13)25-21(23)29/h4-11H,1-3,12H2,(H,24,28)(H3,23,25,29). The second kappa shape index (κ2) is 7.75. The molecular formula is C21H20FN5O2. The zero-order chi connectivity index (χ0) is 20.4. The van der Waals surface area contributed by atoms with Gasteiger partial charge in [-0.2, -0.15) is 5.10 Å². The van der Waals surface area contributed by atoms with Crippen molar-refractivity contribution in [1.29, 1.82) is 0 Å². The van der Waals surface area contributed by atoms with Gasteiger partial charge in [-0.15, -0.1) is 0 Å². The molecule has 8 heteroatoms. The van der Waals surface area contributed by atoms with Gasteiger partial charge in [-0.05, 0) is 61.2 Å². The number of rotatable bonds is 5. The maximum absolute atomic E-state index is 13.2. The van der Waals surface area contributed by atoms with Crippen LogP contribution in [-0.4, -0.2) is 21.7 Å². The Morgan fingerprint density at radius 3 is 2.48 bits per heavy atom. The third-order valence-electron chi connectivity index (χ3n) is 4.89. The van der Waals surface area contributed by atoms with Crippen molar-refractivity contribution in [2.24, 2.45) is 5.73 Å². The summed E-state index contributed by atoms with van der Waals surface area (Å²) in [5.41, 5.74) is 9.65. The van der Waals surface area contributed by atoms with Crippen LogP contribution < -0.4 is 16.4 Å². The number of hydrogen-bond donors (Lipinski definition) is 3. The van der Waals surface area contributed by atoms with Crippen LogP contribution in [0.4, 0.5) is 14.9 Å². The van der Waals surface area contributed by atoms with E-state index in [4.69, 9.17) is 5.73 Å². The van der Waals surface area contributed by atoms with Gasteiger partial charge in [0.2, 0.25) is 0 Å². The molecule has 0 atom stereocenters. The normalized spacial score (nSPS) is 12.4. The number of halogens is 1. The van der Waals surface area contributed by atoms with Gasteiger partial charge in [-0.3, -0.25) is 4.79 Å². The predicted octanol–water partition coefficient (Wildman–Crippen LogP) is 2.92. The second-order valence-electron chi connectivity index (χ2n) is 6.88. The van der Waals surface area contributed by atoms with Crippen LogP contribution in [-0.2, 0) is 19.4 Å². The minimum absolute atomic E-state index is 0.247. The number of aromatic nitrogens is 2. The van der Waals surface area contributed by atoms with Crippen LogP contribution in [0.5, 0.6) is 0 Å². The molecule has 0 saturated carbocycles. The SMILES string of the molecule is NC(=O)Nc1ccc(CNC(=O)c2nn(-c3ccc(F)cc3)c3c2CCC3)cc1. The molecule has 3 amide bonds. The molecule has 0 unspecified atom stereocenters. The summed E-state index contributed by atoms with van der Waals surface area (Å²) in [5.74, 6) is -0.559. The fourth-order valence-corrected chi connectivity index (χ4v) is 3.53. The van der Waals surface area contributed by atoms with Crippen molar-refractivity contribution < 1.29 is 14.0 Å². The number of carbonyl (C=O) groups excluding carboxylic acids is 2. The van der Waals surface area contributed by atoms with Gasteiger partial charge in [0.05, 0.1) is 5.69 Å². The Kier molecular flexibility index (Phi) is 4.99. The summed E-state index contributed by atoms with van der Waals surface area (Å²) in [6, 6.07) is 12.5. The summed E-state index contributed by atoms with van der Waals surface area (Å²) in [4.78, 5) is 23.6. The van der Waals surface area contributed by atoms with Crippen LogP contribution in [0.15, 0.2) is 48.5 Å². The van der Waals surface area contributed by atoms with Gasteiger partial charge in [0.1, 0.15) is 5.82 Å². The number of anilines is 1. The van der Waals surface area contributed by atoms with E-state index in [0.717, 1.165) is 41.8 Å². The van der Waals surface area contributed by atoms with Crippen LogP contribution >= 0.6 is 0 Å². The Bertz CT molecular complexity index is 1060. The van der Waals surface area contributed by atoms with Gasteiger partial charge in [0.25, 0.3) is 5.91 Å². The van der Waals surface area contributed by atoms with Crippen LogP contribution in [0.1, 0.15) is 33.7 Å². The van der Waals surface area contributed by atoms with Crippen molar-refractivity contribution in [1.82, 2.24) is 15.1 Å². The molecule has 148 valence electrons. The molecule has 1 aliphatic rings. The number of carbonyl (C=O) groups is 2. The highest BCUT2D eigenvalue weighted by Gasteiger charge is 2.26. The van der Waals surface area contributed by atoms with Crippen molar-refractivity contribution in [3.05, 3.63) is 76.9 Å². The minimum atomic E-state index is -0.628. The van der Waals surface area contributed by atoms with Gasteiger partial charge < -0.3 is 16.4 Å². The summed E-state index contributed by atoms with van der Waals surface area (Å²) < 4.78 is 15.0. The predicted molar refractivity (Wildman–Crippen MR) is 106 cm³/mol. The van der Waals surface area contributed by atoms with Crippen molar-refractivity contribution in [3.8, 4) is 5.69 Å². The lowest BCUT2D eigenvalue weighted by Gasteiger charge is -2.07. The van der Waals surface area contributed by atoms with E-state index in [1.54, 1.807) is 41.1 Å². The lowest BCUT2D eigenvalue weighted by atomic mass is 10.1. The number of fused-ring (bicyclic) bond motifs is 1. The van der Waals surface area contributed by atoms with Crippen LogP contribution in [0, 0.1) is 5.82 Å². The van der Waals surface area contributed by atoms with E-state index in [9.17, 15) is 14.0 Å². The highest BCUT2D eigenvalue weighted by molar-refractivity contribution is 5.94. The number of primary amides is 1. The van der Waals surface area contributed by atoms with Crippen molar-refractivity contribution >= 4 is 17.6 Å². The number of nitrogens with one attached hydrogen (secondary N) is 2. The van der Waals surface area contributed by atoms with E-state index >= 15 is 0 Å². The number of nitrogens with zero attached hydrogens (tertiary/aromatic N) is 2. The fourth-order valence-electron chi connectivity index (χ4n) is 3.53. The molecule has 0 bridgehead atoms. The van der Waals surface area contributed by atoms with Gasteiger partial charge in [0, 0.05) is 23.5 Å². The Morgan fingerprint density at radius 2 is 1.79 bits per heavy atom. The largest absolute Gasteiger partial charge is 0.351 e. The van der Waals surface area contributed by atoms with Gasteiger partial charge >= 0.3 is 6.03 Å². The Morgan fingerprint density at radius 1 is 1.07 bits per heavy atom. The molecule has 1 aromatic heterocycles. The lowest BCUT2D eigenvalue weighted by molar-refractivity contribution is 0.0944. The number of urea groups is 1. The number of nitrogens with two attached hydrogens (primary N) is 1. The molecule has 4 N–H and O–H groups in total.